The topological polar surface area (TPSA) is 32.3 Å². The minimum atomic E-state index is 0.407. The number of amides is 1. The minimum absolute atomic E-state index is 0.407. The molecular weight excluding hydrogens is 296 g/mol. The maximum absolute atomic E-state index is 10.8. The maximum Gasteiger partial charge on any atom is 0.209 e. The van der Waals surface area contributed by atoms with Crippen molar-refractivity contribution in [1.29, 1.82) is 0 Å². The number of hydrogen-bond donors (Lipinski definition) is 1. The molecule has 0 aliphatic carbocycles. The van der Waals surface area contributed by atoms with Gasteiger partial charge in [0.05, 0.1) is 0 Å². The normalized spacial score (nSPS) is 15.6. The second kappa shape index (κ2) is 6.84. The summed E-state index contributed by atoms with van der Waals surface area (Å²) in [6.07, 6.45) is 2.90. The van der Waals surface area contributed by atoms with Crippen LogP contribution in [-0.2, 0) is 4.79 Å². The maximum atomic E-state index is 10.8. The Morgan fingerprint density at radius 3 is 2.41 bits per heavy atom. The molecule has 1 aliphatic rings. The van der Waals surface area contributed by atoms with Crippen molar-refractivity contribution in [2.75, 3.05) is 18.4 Å². The number of likely N-dealkylation sites (tertiary alicyclic amines) is 1. The molecule has 1 N–H and O–H groups in total. The van der Waals surface area contributed by atoms with E-state index in [4.69, 9.17) is 11.6 Å². The predicted molar refractivity (Wildman–Crippen MR) is 91.2 cm³/mol. The van der Waals surface area contributed by atoms with Gasteiger partial charge >= 0.3 is 0 Å². The highest BCUT2D eigenvalue weighted by Crippen LogP contribution is 2.30. The number of para-hydroxylation sites is 1. The smallest absolute Gasteiger partial charge is 0.209 e. The molecule has 0 aromatic heterocycles. The van der Waals surface area contributed by atoms with E-state index in [9.17, 15) is 4.79 Å². The van der Waals surface area contributed by atoms with E-state index in [1.807, 2.05) is 41.3 Å². The molecule has 3 nitrogen and oxygen atoms in total. The number of hydrogen-bond acceptors (Lipinski definition) is 2. The highest BCUT2D eigenvalue weighted by molar-refractivity contribution is 6.30. The van der Waals surface area contributed by atoms with Crippen molar-refractivity contribution in [1.82, 2.24) is 4.90 Å². The Morgan fingerprint density at radius 1 is 1.05 bits per heavy atom. The third-order valence-corrected chi connectivity index (χ3v) is 4.37. The fourth-order valence-corrected chi connectivity index (χ4v) is 2.99. The SMILES string of the molecule is O=CN1CCC(Nc2ccccc2-c2ccc(Cl)cc2)CC1. The second-order valence-corrected chi connectivity index (χ2v) is 6.05. The van der Waals surface area contributed by atoms with Crippen LogP contribution in [0.25, 0.3) is 11.1 Å². The van der Waals surface area contributed by atoms with E-state index in [0.717, 1.165) is 48.6 Å². The van der Waals surface area contributed by atoms with E-state index < -0.39 is 0 Å². The largest absolute Gasteiger partial charge is 0.382 e. The number of nitrogens with one attached hydrogen (secondary N) is 1. The van der Waals surface area contributed by atoms with Crippen LogP contribution in [-0.4, -0.2) is 30.4 Å². The number of carbonyl (C=O) groups is 1. The molecule has 1 fully saturated rings. The van der Waals surface area contributed by atoms with Gasteiger partial charge in [0.25, 0.3) is 0 Å². The Labute approximate surface area is 135 Å². The first-order valence-electron chi connectivity index (χ1n) is 7.57. The van der Waals surface area contributed by atoms with Crippen LogP contribution >= 0.6 is 11.6 Å². The van der Waals surface area contributed by atoms with Crippen LogP contribution < -0.4 is 5.32 Å². The van der Waals surface area contributed by atoms with Crippen molar-refractivity contribution in [2.45, 2.75) is 18.9 Å². The van der Waals surface area contributed by atoms with Crippen LogP contribution in [0.5, 0.6) is 0 Å². The van der Waals surface area contributed by atoms with Crippen LogP contribution in [0.15, 0.2) is 48.5 Å². The average molecular weight is 315 g/mol. The molecule has 0 radical (unpaired) electrons. The van der Waals surface area contributed by atoms with Gasteiger partial charge in [-0.2, -0.15) is 0 Å². The Balaban J connectivity index is 1.77. The molecule has 1 saturated heterocycles. The summed E-state index contributed by atoms with van der Waals surface area (Å²) >= 11 is 5.97. The predicted octanol–water partition coefficient (Wildman–Crippen LogP) is 4.04. The summed E-state index contributed by atoms with van der Waals surface area (Å²) in [6.45, 7) is 1.65. The van der Waals surface area contributed by atoms with Crippen molar-refractivity contribution in [3.63, 3.8) is 0 Å². The Kier molecular flexibility index (Phi) is 4.64. The van der Waals surface area contributed by atoms with E-state index >= 15 is 0 Å². The molecule has 0 saturated carbocycles. The van der Waals surface area contributed by atoms with E-state index in [-0.39, 0.29) is 0 Å². The zero-order valence-electron chi connectivity index (χ0n) is 12.3. The van der Waals surface area contributed by atoms with Crippen molar-refractivity contribution in [3.8, 4) is 11.1 Å². The van der Waals surface area contributed by atoms with Gasteiger partial charge in [0.15, 0.2) is 0 Å². The fraction of sp³-hybridized carbons (Fsp3) is 0.278. The lowest BCUT2D eigenvalue weighted by molar-refractivity contribution is -0.118. The fourth-order valence-electron chi connectivity index (χ4n) is 2.86. The van der Waals surface area contributed by atoms with Crippen molar-refractivity contribution in [2.24, 2.45) is 0 Å². The first kappa shape index (κ1) is 14.9. The zero-order chi connectivity index (χ0) is 15.4. The molecule has 22 heavy (non-hydrogen) atoms. The van der Waals surface area contributed by atoms with Gasteiger partial charge in [-0.25, -0.2) is 0 Å². The number of carbonyl (C=O) groups excluding carboxylic acids is 1. The number of benzene rings is 2. The summed E-state index contributed by atoms with van der Waals surface area (Å²) < 4.78 is 0. The van der Waals surface area contributed by atoms with Crippen LogP contribution in [0.4, 0.5) is 5.69 Å². The molecule has 2 aromatic rings. The van der Waals surface area contributed by atoms with Gasteiger partial charge in [-0.15, -0.1) is 0 Å². The third kappa shape index (κ3) is 3.42. The van der Waals surface area contributed by atoms with Gasteiger partial charge in [0.2, 0.25) is 6.41 Å². The number of nitrogens with zero attached hydrogens (tertiary/aromatic N) is 1. The van der Waals surface area contributed by atoms with Gasteiger partial charge in [-0.1, -0.05) is 41.9 Å². The summed E-state index contributed by atoms with van der Waals surface area (Å²) in [6, 6.07) is 16.6. The number of rotatable bonds is 4. The van der Waals surface area contributed by atoms with Gasteiger partial charge in [-0.05, 0) is 36.6 Å². The second-order valence-electron chi connectivity index (χ2n) is 5.61. The number of piperidine rings is 1. The molecule has 114 valence electrons. The first-order chi connectivity index (χ1) is 10.8. The van der Waals surface area contributed by atoms with Gasteiger partial charge in [0.1, 0.15) is 0 Å². The zero-order valence-corrected chi connectivity index (χ0v) is 13.1. The van der Waals surface area contributed by atoms with Crippen LogP contribution in [0.3, 0.4) is 0 Å². The standard InChI is InChI=1S/C18H19ClN2O/c19-15-7-5-14(6-8-15)17-3-1-2-4-18(17)20-16-9-11-21(13-22)12-10-16/h1-8,13,16,20H,9-12H2. The quantitative estimate of drug-likeness (QED) is 0.864. The molecule has 1 heterocycles. The molecule has 0 spiro atoms. The molecule has 4 heteroatoms. The molecular formula is C18H19ClN2O. The molecule has 3 rings (SSSR count). The van der Waals surface area contributed by atoms with E-state index in [2.05, 4.69) is 17.4 Å². The first-order valence-corrected chi connectivity index (χ1v) is 7.95. The van der Waals surface area contributed by atoms with Crippen molar-refractivity contribution in [3.05, 3.63) is 53.6 Å². The lowest BCUT2D eigenvalue weighted by Crippen LogP contribution is -2.38. The summed E-state index contributed by atoms with van der Waals surface area (Å²) in [5.41, 5.74) is 3.46. The minimum Gasteiger partial charge on any atom is -0.382 e. The van der Waals surface area contributed by atoms with Gasteiger partial charge in [-0.3, -0.25) is 4.79 Å². The molecule has 2 aromatic carbocycles. The molecule has 0 unspecified atom stereocenters. The molecule has 1 aliphatic heterocycles. The molecule has 0 bridgehead atoms. The van der Waals surface area contributed by atoms with E-state index in [1.165, 1.54) is 5.56 Å². The van der Waals surface area contributed by atoms with E-state index in [0.29, 0.717) is 6.04 Å². The van der Waals surface area contributed by atoms with Gasteiger partial charge < -0.3 is 10.2 Å². The highest BCUT2D eigenvalue weighted by Gasteiger charge is 2.18. The third-order valence-electron chi connectivity index (χ3n) is 4.12. The number of anilines is 1. The Bertz CT molecular complexity index is 634. The lowest BCUT2D eigenvalue weighted by atomic mass is 10.0. The van der Waals surface area contributed by atoms with Crippen LogP contribution in [0.2, 0.25) is 5.02 Å². The van der Waals surface area contributed by atoms with Crippen molar-refractivity contribution >= 4 is 23.7 Å². The molecule has 1 amide bonds. The lowest BCUT2D eigenvalue weighted by Gasteiger charge is -2.31. The summed E-state index contributed by atoms with van der Waals surface area (Å²) in [5, 5.41) is 4.38. The van der Waals surface area contributed by atoms with E-state index in [1.54, 1.807) is 0 Å². The Hall–Kier alpha value is -2.00. The summed E-state index contributed by atoms with van der Waals surface area (Å²) in [4.78, 5) is 12.6. The van der Waals surface area contributed by atoms with Gasteiger partial charge in [0, 0.05) is 35.4 Å². The summed E-state index contributed by atoms with van der Waals surface area (Å²) in [7, 11) is 0. The molecule has 0 atom stereocenters. The van der Waals surface area contributed by atoms with Crippen molar-refractivity contribution < 1.29 is 4.79 Å². The highest BCUT2D eigenvalue weighted by atomic mass is 35.5. The average Bonchev–Trinajstić information content (AvgIpc) is 2.57. The Morgan fingerprint density at radius 2 is 1.73 bits per heavy atom. The summed E-state index contributed by atoms with van der Waals surface area (Å²) in [5.74, 6) is 0. The monoisotopic (exact) mass is 314 g/mol. The number of halogens is 1. The van der Waals surface area contributed by atoms with Crippen LogP contribution in [0.1, 0.15) is 12.8 Å². The van der Waals surface area contributed by atoms with Crippen LogP contribution in [0, 0.1) is 0 Å².